The lowest BCUT2D eigenvalue weighted by molar-refractivity contribution is -0.179. The number of methoxy groups -OCH3 is 4. The molecule has 6 aromatic rings. The normalized spacial score (nSPS) is 12.0. The number of aromatic nitrogens is 6. The maximum atomic E-state index is 13.1. The van der Waals surface area contributed by atoms with Crippen molar-refractivity contribution in [2.45, 2.75) is 12.2 Å². The summed E-state index contributed by atoms with van der Waals surface area (Å²) in [6.45, 7) is 0. The van der Waals surface area contributed by atoms with Gasteiger partial charge in [0.15, 0.2) is 11.9 Å². The van der Waals surface area contributed by atoms with Crippen LogP contribution in [0.3, 0.4) is 0 Å². The fraction of sp³-hybridized carbons (Fsp3) is 0.222. The lowest BCUT2D eigenvalue weighted by Gasteiger charge is -2.21. The van der Waals surface area contributed by atoms with E-state index in [1.807, 2.05) is 24.3 Å². The Morgan fingerprint density at radius 3 is 1.58 bits per heavy atom. The van der Waals surface area contributed by atoms with Crippen LogP contribution < -0.4 is 9.47 Å². The number of nitrogens with zero attached hydrogens (tertiary/aromatic N) is 7. The van der Waals surface area contributed by atoms with E-state index in [1.165, 1.54) is 38.0 Å². The number of ketones is 1. The van der Waals surface area contributed by atoms with E-state index in [-0.39, 0.29) is 17.5 Å². The minimum absolute atomic E-state index is 0.186. The number of halogens is 1. The molecule has 1 amide bonds. The third-order valence-corrected chi connectivity index (χ3v) is 8.57. The van der Waals surface area contributed by atoms with Crippen LogP contribution in [0, 0.1) is 0 Å². The highest BCUT2D eigenvalue weighted by atomic mass is 79.9. The average Bonchev–Trinajstić information content (AvgIpc) is 4.00. The maximum absolute atomic E-state index is 13.1. The number of hydroxylamine groups is 2. The highest BCUT2D eigenvalue weighted by molar-refractivity contribution is 9.10. The molecule has 270 valence electrons. The van der Waals surface area contributed by atoms with Crippen molar-refractivity contribution >= 4 is 27.6 Å². The zero-order chi connectivity index (χ0) is 37.2. The molecule has 6 rings (SSSR count). The maximum Gasteiger partial charge on any atom is 0.279 e. The first-order chi connectivity index (χ1) is 25.2. The Hall–Kier alpha value is -5.68. The number of likely N-dealkylation sites (N-methyl/N-ethyl adjacent to an activating group) is 1. The number of hydrogen-bond acceptors (Lipinski definition) is 12. The van der Waals surface area contributed by atoms with Crippen molar-refractivity contribution in [3.8, 4) is 34.2 Å². The summed E-state index contributed by atoms with van der Waals surface area (Å²) >= 11 is 3.45. The van der Waals surface area contributed by atoms with Crippen LogP contribution in [0.1, 0.15) is 33.9 Å². The smallest absolute Gasteiger partial charge is 0.279 e. The monoisotopic (exact) mass is 773 g/mol. The van der Waals surface area contributed by atoms with Crippen molar-refractivity contribution in [2.75, 3.05) is 42.6 Å². The molecule has 0 aliphatic carbocycles. The van der Waals surface area contributed by atoms with Crippen LogP contribution in [0.15, 0.2) is 106 Å². The Balaban J connectivity index is 0.000000225. The number of carbonyl (C=O) groups is 2. The number of furan rings is 1. The molecule has 0 saturated carbocycles. The summed E-state index contributed by atoms with van der Waals surface area (Å²) in [5, 5.41) is 17.4. The van der Waals surface area contributed by atoms with Crippen LogP contribution >= 0.6 is 15.9 Å². The predicted molar refractivity (Wildman–Crippen MR) is 191 cm³/mol. The van der Waals surface area contributed by atoms with Crippen LogP contribution in [-0.4, -0.2) is 89.3 Å². The van der Waals surface area contributed by atoms with Crippen LogP contribution in [-0.2, 0) is 19.1 Å². The number of hydrogen-bond donors (Lipinski definition) is 0. The van der Waals surface area contributed by atoms with Gasteiger partial charge in [-0.25, -0.2) is 5.06 Å². The third-order valence-electron chi connectivity index (χ3n) is 7.79. The van der Waals surface area contributed by atoms with Gasteiger partial charge in [-0.3, -0.25) is 14.4 Å². The molecule has 0 aliphatic heterocycles. The molecule has 52 heavy (non-hydrogen) atoms. The second-order valence-corrected chi connectivity index (χ2v) is 11.6. The number of benzene rings is 3. The Morgan fingerprint density at radius 2 is 1.15 bits per heavy atom. The Labute approximate surface area is 307 Å². The quantitative estimate of drug-likeness (QED) is 0.102. The fourth-order valence-corrected chi connectivity index (χ4v) is 5.61. The Morgan fingerprint density at radius 1 is 0.692 bits per heavy atom. The molecule has 2 atom stereocenters. The molecular formula is C36H36BrN7O8. The van der Waals surface area contributed by atoms with E-state index in [0.29, 0.717) is 32.9 Å². The first-order valence-electron chi connectivity index (χ1n) is 15.6. The number of Topliss-reactive ketones (excluding diaryl/α,β-unsaturated/α-hetero) is 1. The lowest BCUT2D eigenvalue weighted by atomic mass is 10.0. The van der Waals surface area contributed by atoms with Gasteiger partial charge >= 0.3 is 0 Å². The molecule has 2 unspecified atom stereocenters. The van der Waals surface area contributed by atoms with E-state index in [0.717, 1.165) is 22.0 Å². The van der Waals surface area contributed by atoms with E-state index in [9.17, 15) is 9.59 Å². The number of ether oxygens (including phenoxy) is 4. The van der Waals surface area contributed by atoms with E-state index in [4.69, 9.17) is 28.2 Å². The first-order valence-corrected chi connectivity index (χ1v) is 16.4. The largest absolute Gasteiger partial charge is 0.495 e. The summed E-state index contributed by atoms with van der Waals surface area (Å²) in [6, 6.07) is 21.5. The summed E-state index contributed by atoms with van der Waals surface area (Å²) in [5.74, 6) is 1.30. The lowest BCUT2D eigenvalue weighted by Crippen LogP contribution is -2.31. The zero-order valence-electron chi connectivity index (χ0n) is 29.2. The Kier molecular flexibility index (Phi) is 12.6. The molecule has 16 heteroatoms. The van der Waals surface area contributed by atoms with E-state index < -0.39 is 12.2 Å². The van der Waals surface area contributed by atoms with Crippen molar-refractivity contribution in [3.63, 3.8) is 0 Å². The second kappa shape index (κ2) is 17.5. The summed E-state index contributed by atoms with van der Waals surface area (Å²) in [4.78, 5) is 33.1. The van der Waals surface area contributed by atoms with Gasteiger partial charge in [-0.05, 0) is 75.6 Å². The number of amides is 1. The summed E-state index contributed by atoms with van der Waals surface area (Å²) in [7, 11) is 9.07. The van der Waals surface area contributed by atoms with Crippen molar-refractivity contribution in [2.24, 2.45) is 0 Å². The highest BCUT2D eigenvalue weighted by Crippen LogP contribution is 2.39. The molecule has 3 heterocycles. The summed E-state index contributed by atoms with van der Waals surface area (Å²) in [6.07, 6.45) is 4.87. The van der Waals surface area contributed by atoms with Crippen molar-refractivity contribution in [1.82, 2.24) is 35.1 Å². The van der Waals surface area contributed by atoms with Gasteiger partial charge in [0.05, 0.1) is 57.5 Å². The predicted octanol–water partition coefficient (Wildman–Crippen LogP) is 5.85. The molecule has 0 N–H and O–H groups in total. The number of rotatable bonds is 13. The SMILES string of the molecule is COC(C(=O)N(C)OC)c1ccc(-n2nccn2)cc1.COc1cc(-c2ccc(C(=O)C(OC)c3ccc(-n4nccn4)cc3)o2)cc(OC)c1Br. The molecule has 0 spiro atoms. The molecule has 15 nitrogen and oxygen atoms in total. The Bertz CT molecular complexity index is 2030. The molecular weight excluding hydrogens is 738 g/mol. The van der Waals surface area contributed by atoms with Crippen LogP contribution in [0.25, 0.3) is 22.7 Å². The molecule has 3 aromatic carbocycles. The molecule has 0 bridgehead atoms. The van der Waals surface area contributed by atoms with Gasteiger partial charge in [0.2, 0.25) is 5.78 Å². The molecule has 3 aromatic heterocycles. The minimum atomic E-state index is -0.817. The minimum Gasteiger partial charge on any atom is -0.495 e. The standard InChI is InChI=1S/C23H20BrN3O5.C13H16N4O3/c1-29-19-12-15(13-20(30-2)21(19)24)17-8-9-18(32-17)22(28)23(31-3)14-4-6-16(7-5-14)27-25-10-11-26-27;1-16(20-3)13(18)12(19-2)10-4-6-11(7-5-10)17-14-8-9-15-17/h4-13,23H,1-3H3;4-9,12H,1-3H3. The molecule has 0 radical (unpaired) electrons. The van der Waals surface area contributed by atoms with Gasteiger partial charge < -0.3 is 23.4 Å². The van der Waals surface area contributed by atoms with Gasteiger partial charge in [0.1, 0.15) is 27.8 Å². The van der Waals surface area contributed by atoms with Crippen molar-refractivity contribution in [3.05, 3.63) is 119 Å². The summed E-state index contributed by atoms with van der Waals surface area (Å²) in [5.41, 5.74) is 3.72. The van der Waals surface area contributed by atoms with Crippen molar-refractivity contribution < 1.29 is 37.8 Å². The molecule has 0 saturated heterocycles. The van der Waals surface area contributed by atoms with Gasteiger partial charge in [0, 0.05) is 26.8 Å². The molecule has 0 fully saturated rings. The van der Waals surface area contributed by atoms with Crippen LogP contribution in [0.5, 0.6) is 11.5 Å². The summed E-state index contributed by atoms with van der Waals surface area (Å²) < 4.78 is 28.1. The van der Waals surface area contributed by atoms with Gasteiger partial charge in [-0.2, -0.15) is 30.0 Å². The zero-order valence-corrected chi connectivity index (χ0v) is 30.8. The average molecular weight is 775 g/mol. The van der Waals surface area contributed by atoms with E-state index in [1.54, 1.807) is 87.5 Å². The fourth-order valence-electron chi connectivity index (χ4n) is 5.06. The molecule has 0 aliphatic rings. The second-order valence-electron chi connectivity index (χ2n) is 10.8. The topological polar surface area (TPSA) is 158 Å². The van der Waals surface area contributed by atoms with Crippen molar-refractivity contribution in [1.29, 1.82) is 0 Å². The van der Waals surface area contributed by atoms with Gasteiger partial charge in [0.25, 0.3) is 5.91 Å². The van der Waals surface area contributed by atoms with Gasteiger partial charge in [-0.15, -0.1) is 0 Å². The van der Waals surface area contributed by atoms with E-state index >= 15 is 0 Å². The van der Waals surface area contributed by atoms with Gasteiger partial charge in [-0.1, -0.05) is 24.3 Å². The first kappa shape index (κ1) is 37.6. The highest BCUT2D eigenvalue weighted by Gasteiger charge is 2.26. The van der Waals surface area contributed by atoms with Crippen LogP contribution in [0.2, 0.25) is 0 Å². The number of carbonyl (C=O) groups excluding carboxylic acids is 2. The van der Waals surface area contributed by atoms with Crippen LogP contribution in [0.4, 0.5) is 0 Å². The third kappa shape index (κ3) is 8.43. The van der Waals surface area contributed by atoms with E-state index in [2.05, 4.69) is 36.3 Å².